The van der Waals surface area contributed by atoms with Crippen LogP contribution >= 0.6 is 12.4 Å². The minimum Gasteiger partial charge on any atom is -0.507 e. The van der Waals surface area contributed by atoms with Crippen molar-refractivity contribution in [3.8, 4) is 5.75 Å². The van der Waals surface area contributed by atoms with Crippen molar-refractivity contribution < 1.29 is 10.0 Å². The zero-order valence-corrected chi connectivity index (χ0v) is 10.7. The van der Waals surface area contributed by atoms with Gasteiger partial charge in [-0.1, -0.05) is 0 Å². The first-order valence-electron chi connectivity index (χ1n) is 4.99. The summed E-state index contributed by atoms with van der Waals surface area (Å²) in [6.07, 6.45) is 2.47. The number of anilines is 1. The molecular weight excluding hydrogens is 290 g/mol. The van der Waals surface area contributed by atoms with Crippen molar-refractivity contribution in [2.24, 2.45) is 5.10 Å². The van der Waals surface area contributed by atoms with Crippen LogP contribution in [0.25, 0.3) is 0 Å². The van der Waals surface area contributed by atoms with E-state index in [4.69, 9.17) is 5.84 Å². The minimum atomic E-state index is -0.569. The van der Waals surface area contributed by atoms with Crippen LogP contribution in [0.3, 0.4) is 0 Å². The number of hydrogen-bond acceptors (Lipinski definition) is 8. The van der Waals surface area contributed by atoms with Crippen LogP contribution in [0.2, 0.25) is 0 Å². The Hall–Kier alpha value is -2.88. The number of rotatable bonds is 4. The van der Waals surface area contributed by atoms with Gasteiger partial charge in [-0.2, -0.15) is 5.10 Å². The standard InChI is InChI=1S/C9H9N7O3.ClH/c10-15-5-12-14-9(15)13-11-4-6-3-7(16(18)19)1-2-8(6)17;/h1-5,17H,10H2,(H,13,14);1H/b11-4+;. The van der Waals surface area contributed by atoms with E-state index in [9.17, 15) is 15.2 Å². The maximum absolute atomic E-state index is 10.6. The molecule has 0 saturated carbocycles. The van der Waals surface area contributed by atoms with Gasteiger partial charge >= 0.3 is 0 Å². The number of phenols is 1. The number of benzene rings is 1. The lowest BCUT2D eigenvalue weighted by atomic mass is 10.2. The highest BCUT2D eigenvalue weighted by molar-refractivity contribution is 5.85. The molecule has 0 atom stereocenters. The van der Waals surface area contributed by atoms with Gasteiger partial charge in [0.05, 0.1) is 11.1 Å². The largest absolute Gasteiger partial charge is 0.507 e. The van der Waals surface area contributed by atoms with Gasteiger partial charge in [-0.15, -0.1) is 22.6 Å². The Kier molecular flexibility index (Phi) is 4.81. The second-order valence-electron chi connectivity index (χ2n) is 3.43. The van der Waals surface area contributed by atoms with Crippen LogP contribution in [0, 0.1) is 10.1 Å². The number of aromatic nitrogens is 3. The molecule has 0 aliphatic heterocycles. The molecular formula is C9H10ClN7O3. The van der Waals surface area contributed by atoms with Gasteiger partial charge in [0.15, 0.2) is 0 Å². The Morgan fingerprint density at radius 2 is 2.30 bits per heavy atom. The molecule has 0 bridgehead atoms. The molecule has 0 amide bonds. The Balaban J connectivity index is 0.00000200. The van der Waals surface area contributed by atoms with Crippen molar-refractivity contribution in [1.82, 2.24) is 14.9 Å². The van der Waals surface area contributed by atoms with Crippen molar-refractivity contribution in [2.75, 3.05) is 11.3 Å². The average Bonchev–Trinajstić information content (AvgIpc) is 2.77. The van der Waals surface area contributed by atoms with Gasteiger partial charge in [0.1, 0.15) is 12.1 Å². The second kappa shape index (κ2) is 6.33. The molecule has 0 fully saturated rings. The van der Waals surface area contributed by atoms with E-state index >= 15 is 0 Å². The summed E-state index contributed by atoms with van der Waals surface area (Å²) in [6.45, 7) is 0. The normalized spacial score (nSPS) is 10.2. The van der Waals surface area contributed by atoms with Gasteiger partial charge in [0.25, 0.3) is 11.6 Å². The van der Waals surface area contributed by atoms with E-state index in [-0.39, 0.29) is 35.4 Å². The summed E-state index contributed by atoms with van der Waals surface area (Å²) < 4.78 is 1.10. The van der Waals surface area contributed by atoms with Gasteiger partial charge in [0.2, 0.25) is 0 Å². The van der Waals surface area contributed by atoms with E-state index in [1.807, 2.05) is 0 Å². The monoisotopic (exact) mass is 299 g/mol. The highest BCUT2D eigenvalue weighted by Gasteiger charge is 2.08. The number of nitro groups is 1. The van der Waals surface area contributed by atoms with E-state index in [2.05, 4.69) is 20.7 Å². The van der Waals surface area contributed by atoms with E-state index in [0.717, 1.165) is 4.68 Å². The molecule has 0 aliphatic carbocycles. The Bertz CT molecular complexity index is 642. The molecule has 0 unspecified atom stereocenters. The Morgan fingerprint density at radius 1 is 1.55 bits per heavy atom. The van der Waals surface area contributed by atoms with E-state index in [1.54, 1.807) is 0 Å². The van der Waals surface area contributed by atoms with Crippen molar-refractivity contribution in [2.45, 2.75) is 0 Å². The summed E-state index contributed by atoms with van der Waals surface area (Å²) >= 11 is 0. The third-order valence-electron chi connectivity index (χ3n) is 2.16. The summed E-state index contributed by atoms with van der Waals surface area (Å²) in [7, 11) is 0. The molecule has 106 valence electrons. The number of non-ortho nitro benzene ring substituents is 1. The van der Waals surface area contributed by atoms with Crippen LogP contribution in [-0.2, 0) is 0 Å². The third kappa shape index (κ3) is 3.32. The molecule has 0 aliphatic rings. The van der Waals surface area contributed by atoms with Gasteiger partial charge in [-0.3, -0.25) is 10.1 Å². The summed E-state index contributed by atoms with van der Waals surface area (Å²) in [6, 6.07) is 3.59. The summed E-state index contributed by atoms with van der Waals surface area (Å²) in [5.41, 5.74) is 2.50. The van der Waals surface area contributed by atoms with Gasteiger partial charge in [-0.05, 0) is 6.07 Å². The summed E-state index contributed by atoms with van der Waals surface area (Å²) in [5.74, 6) is 5.48. The van der Waals surface area contributed by atoms with Crippen LogP contribution < -0.4 is 11.3 Å². The van der Waals surface area contributed by atoms with Crippen LogP contribution in [0.15, 0.2) is 29.6 Å². The molecule has 11 heteroatoms. The quantitative estimate of drug-likeness (QED) is 0.322. The summed E-state index contributed by atoms with van der Waals surface area (Å²) in [5, 5.41) is 31.0. The number of nitro benzene ring substituents is 1. The molecule has 1 aromatic carbocycles. The van der Waals surface area contributed by atoms with Crippen molar-refractivity contribution in [3.63, 3.8) is 0 Å². The Labute approximate surface area is 118 Å². The first-order chi connectivity index (χ1) is 9.08. The van der Waals surface area contributed by atoms with Gasteiger partial charge in [-0.25, -0.2) is 10.1 Å². The minimum absolute atomic E-state index is 0. The van der Waals surface area contributed by atoms with E-state index in [1.165, 1.54) is 30.7 Å². The topological polar surface area (TPSA) is 144 Å². The average molecular weight is 300 g/mol. The lowest BCUT2D eigenvalue weighted by Gasteiger charge is -2.00. The molecule has 2 rings (SSSR count). The third-order valence-corrected chi connectivity index (χ3v) is 2.16. The summed E-state index contributed by atoms with van der Waals surface area (Å²) in [4.78, 5) is 10.0. The van der Waals surface area contributed by atoms with Crippen LogP contribution in [0.4, 0.5) is 11.6 Å². The molecule has 2 aromatic rings. The fraction of sp³-hybridized carbons (Fsp3) is 0. The van der Waals surface area contributed by atoms with Crippen molar-refractivity contribution in [3.05, 3.63) is 40.2 Å². The molecule has 20 heavy (non-hydrogen) atoms. The first kappa shape index (κ1) is 15.2. The molecule has 10 nitrogen and oxygen atoms in total. The zero-order chi connectivity index (χ0) is 13.8. The molecule has 0 radical (unpaired) electrons. The first-order valence-corrected chi connectivity index (χ1v) is 4.99. The maximum Gasteiger partial charge on any atom is 0.270 e. The predicted octanol–water partition coefficient (Wildman–Crippen LogP) is 0.473. The molecule has 1 aromatic heterocycles. The van der Waals surface area contributed by atoms with Gasteiger partial charge in [0, 0.05) is 17.7 Å². The molecule has 0 spiro atoms. The van der Waals surface area contributed by atoms with Crippen LogP contribution in [-0.4, -0.2) is 31.1 Å². The number of hydrazone groups is 1. The zero-order valence-electron chi connectivity index (χ0n) is 9.87. The Morgan fingerprint density at radius 3 is 2.90 bits per heavy atom. The number of halogens is 1. The number of nitrogen functional groups attached to an aromatic ring is 1. The van der Waals surface area contributed by atoms with Crippen molar-refractivity contribution >= 4 is 30.3 Å². The number of hydrogen-bond donors (Lipinski definition) is 3. The number of nitrogens with one attached hydrogen (secondary N) is 1. The highest BCUT2D eigenvalue weighted by Crippen LogP contribution is 2.21. The number of nitrogens with two attached hydrogens (primary N) is 1. The SMILES string of the molecule is Cl.Nn1cnnc1N/N=C/c1cc([N+](=O)[O-])ccc1O. The van der Waals surface area contributed by atoms with Crippen LogP contribution in [0.5, 0.6) is 5.75 Å². The maximum atomic E-state index is 10.6. The fourth-order valence-electron chi connectivity index (χ4n) is 1.24. The lowest BCUT2D eigenvalue weighted by molar-refractivity contribution is -0.384. The predicted molar refractivity (Wildman–Crippen MR) is 73.4 cm³/mol. The highest BCUT2D eigenvalue weighted by atomic mass is 35.5. The lowest BCUT2D eigenvalue weighted by Crippen LogP contribution is -2.10. The van der Waals surface area contributed by atoms with Crippen LogP contribution in [0.1, 0.15) is 5.56 Å². The fourth-order valence-corrected chi connectivity index (χ4v) is 1.24. The molecule has 4 N–H and O–H groups in total. The number of nitrogens with zero attached hydrogens (tertiary/aromatic N) is 5. The van der Waals surface area contributed by atoms with Crippen molar-refractivity contribution in [1.29, 1.82) is 0 Å². The second-order valence-corrected chi connectivity index (χ2v) is 3.43. The van der Waals surface area contributed by atoms with E-state index in [0.29, 0.717) is 0 Å². The van der Waals surface area contributed by atoms with Gasteiger partial charge < -0.3 is 10.9 Å². The smallest absolute Gasteiger partial charge is 0.270 e. The molecule has 0 saturated heterocycles. The number of phenolic OH excluding ortho intramolecular Hbond substituents is 1. The number of aromatic hydroxyl groups is 1. The molecule has 1 heterocycles. The van der Waals surface area contributed by atoms with E-state index < -0.39 is 4.92 Å².